The molecule has 0 heterocycles. The number of alkyl halides is 3. The molecule has 2 rings (SSSR count). The molecule has 5 heteroatoms. The summed E-state index contributed by atoms with van der Waals surface area (Å²) in [5.41, 5.74) is -0.961. The fourth-order valence-corrected chi connectivity index (χ4v) is 1.95. The van der Waals surface area contributed by atoms with Gasteiger partial charge >= 0.3 is 6.18 Å². The van der Waals surface area contributed by atoms with Crippen LogP contribution in [0.1, 0.15) is 11.1 Å². The summed E-state index contributed by atoms with van der Waals surface area (Å²) < 4.78 is 39.3. The van der Waals surface area contributed by atoms with Crippen LogP contribution in [0, 0.1) is 11.3 Å². The second-order valence-corrected chi connectivity index (χ2v) is 4.28. The van der Waals surface area contributed by atoms with E-state index in [4.69, 9.17) is 16.9 Å². The van der Waals surface area contributed by atoms with Gasteiger partial charge in [-0.3, -0.25) is 0 Å². The van der Waals surface area contributed by atoms with Gasteiger partial charge in [0.2, 0.25) is 0 Å². The fraction of sp³-hybridized carbons (Fsp3) is 0.0714. The average molecular weight is 282 g/mol. The first kappa shape index (κ1) is 13.4. The van der Waals surface area contributed by atoms with Gasteiger partial charge in [-0.05, 0) is 29.3 Å². The Morgan fingerprint density at radius 1 is 1.00 bits per heavy atom. The second-order valence-electron chi connectivity index (χ2n) is 3.84. The minimum Gasteiger partial charge on any atom is -0.192 e. The molecule has 0 amide bonds. The highest BCUT2D eigenvalue weighted by Crippen LogP contribution is 2.39. The Hall–Kier alpha value is -1.99. The fourth-order valence-electron chi connectivity index (χ4n) is 1.82. The van der Waals surface area contributed by atoms with E-state index in [0.717, 1.165) is 6.07 Å². The van der Waals surface area contributed by atoms with Crippen molar-refractivity contribution in [2.24, 2.45) is 0 Å². The zero-order valence-electron chi connectivity index (χ0n) is 9.50. The van der Waals surface area contributed by atoms with Gasteiger partial charge in [0.1, 0.15) is 0 Å². The van der Waals surface area contributed by atoms with Crippen LogP contribution in [0.25, 0.3) is 11.1 Å². The van der Waals surface area contributed by atoms with Crippen LogP contribution in [-0.2, 0) is 6.18 Å². The summed E-state index contributed by atoms with van der Waals surface area (Å²) in [5.74, 6) is 0. The largest absolute Gasteiger partial charge is 0.418 e. The maximum Gasteiger partial charge on any atom is 0.418 e. The van der Waals surface area contributed by atoms with Crippen molar-refractivity contribution < 1.29 is 13.2 Å². The highest BCUT2D eigenvalue weighted by atomic mass is 35.5. The molecule has 2 aromatic rings. The topological polar surface area (TPSA) is 23.8 Å². The minimum absolute atomic E-state index is 0.0248. The molecule has 0 aliphatic carbocycles. The van der Waals surface area contributed by atoms with Crippen LogP contribution in [0.4, 0.5) is 13.2 Å². The van der Waals surface area contributed by atoms with E-state index in [9.17, 15) is 13.2 Å². The number of benzene rings is 2. The summed E-state index contributed by atoms with van der Waals surface area (Å²) in [7, 11) is 0. The quantitative estimate of drug-likeness (QED) is 0.729. The second kappa shape index (κ2) is 4.94. The highest BCUT2D eigenvalue weighted by Gasteiger charge is 2.36. The lowest BCUT2D eigenvalue weighted by atomic mass is 9.95. The van der Waals surface area contributed by atoms with E-state index < -0.39 is 11.7 Å². The Morgan fingerprint density at radius 3 is 2.16 bits per heavy atom. The summed E-state index contributed by atoms with van der Waals surface area (Å²) in [6.07, 6.45) is -4.58. The molecule has 0 N–H and O–H groups in total. The van der Waals surface area contributed by atoms with E-state index in [1.54, 1.807) is 6.07 Å². The van der Waals surface area contributed by atoms with E-state index in [1.807, 2.05) is 0 Å². The van der Waals surface area contributed by atoms with Crippen molar-refractivity contribution in [3.8, 4) is 17.2 Å². The van der Waals surface area contributed by atoms with Crippen LogP contribution in [0.2, 0.25) is 5.02 Å². The molecule has 1 nitrogen and oxygen atoms in total. The van der Waals surface area contributed by atoms with Gasteiger partial charge in [-0.25, -0.2) is 0 Å². The SMILES string of the molecule is N#Cc1cccc(-c2ccc(Cl)cc2)c1C(F)(F)F. The van der Waals surface area contributed by atoms with Gasteiger partial charge in [0.05, 0.1) is 17.2 Å². The van der Waals surface area contributed by atoms with Crippen LogP contribution < -0.4 is 0 Å². The van der Waals surface area contributed by atoms with Crippen molar-refractivity contribution in [1.29, 1.82) is 5.26 Å². The van der Waals surface area contributed by atoms with E-state index >= 15 is 0 Å². The smallest absolute Gasteiger partial charge is 0.192 e. The van der Waals surface area contributed by atoms with Gasteiger partial charge in [0.25, 0.3) is 0 Å². The standard InChI is InChI=1S/C14H7ClF3N/c15-11-6-4-9(5-7-11)12-3-1-2-10(8-19)13(12)14(16,17)18/h1-7H. The number of hydrogen-bond donors (Lipinski definition) is 0. The molecule has 0 spiro atoms. The molecule has 0 aliphatic heterocycles. The van der Waals surface area contributed by atoms with Crippen LogP contribution >= 0.6 is 11.6 Å². The Balaban J connectivity index is 2.71. The van der Waals surface area contributed by atoms with E-state index in [0.29, 0.717) is 10.6 Å². The zero-order valence-corrected chi connectivity index (χ0v) is 10.3. The summed E-state index contributed by atoms with van der Waals surface area (Å²) in [6, 6.07) is 11.5. The van der Waals surface area contributed by atoms with Gasteiger partial charge in [-0.2, -0.15) is 18.4 Å². The van der Waals surface area contributed by atoms with Crippen molar-refractivity contribution in [2.75, 3.05) is 0 Å². The van der Waals surface area contributed by atoms with Crippen LogP contribution in [-0.4, -0.2) is 0 Å². The molecule has 96 valence electrons. The third kappa shape index (κ3) is 2.72. The van der Waals surface area contributed by atoms with Crippen LogP contribution in [0.3, 0.4) is 0 Å². The molecule has 0 aromatic heterocycles. The molecular weight excluding hydrogens is 275 g/mol. The normalized spacial score (nSPS) is 11.1. The van der Waals surface area contributed by atoms with Gasteiger partial charge < -0.3 is 0 Å². The molecule has 0 atom stereocenters. The monoisotopic (exact) mass is 281 g/mol. The highest BCUT2D eigenvalue weighted by molar-refractivity contribution is 6.30. The van der Waals surface area contributed by atoms with E-state index in [2.05, 4.69) is 0 Å². The Kier molecular flexibility index (Phi) is 3.50. The lowest BCUT2D eigenvalue weighted by Crippen LogP contribution is -2.10. The summed E-state index contributed by atoms with van der Waals surface area (Å²) in [6.45, 7) is 0. The molecule has 0 aliphatic rings. The molecule has 0 saturated carbocycles. The average Bonchev–Trinajstić information content (AvgIpc) is 2.37. The molecule has 19 heavy (non-hydrogen) atoms. The van der Waals surface area contributed by atoms with Crippen molar-refractivity contribution in [3.63, 3.8) is 0 Å². The lowest BCUT2D eigenvalue weighted by molar-refractivity contribution is -0.137. The third-order valence-electron chi connectivity index (χ3n) is 2.62. The lowest BCUT2D eigenvalue weighted by Gasteiger charge is -2.14. The van der Waals surface area contributed by atoms with Crippen LogP contribution in [0.5, 0.6) is 0 Å². The third-order valence-corrected chi connectivity index (χ3v) is 2.88. The Morgan fingerprint density at radius 2 is 1.63 bits per heavy atom. The minimum atomic E-state index is -4.58. The van der Waals surface area contributed by atoms with Crippen molar-refractivity contribution in [1.82, 2.24) is 0 Å². The number of nitriles is 1. The summed E-state index contributed by atoms with van der Waals surface area (Å²) >= 11 is 5.71. The first-order valence-corrected chi connectivity index (χ1v) is 5.67. The predicted molar refractivity (Wildman–Crippen MR) is 66.6 cm³/mol. The molecule has 0 radical (unpaired) electrons. The van der Waals surface area contributed by atoms with Gasteiger partial charge in [0.15, 0.2) is 0 Å². The van der Waals surface area contributed by atoms with Gasteiger partial charge in [-0.15, -0.1) is 0 Å². The number of halogens is 4. The predicted octanol–water partition coefficient (Wildman–Crippen LogP) is 4.90. The molecule has 0 fully saturated rings. The van der Waals surface area contributed by atoms with Gasteiger partial charge in [0, 0.05) is 5.02 Å². The number of rotatable bonds is 1. The number of hydrogen-bond acceptors (Lipinski definition) is 1. The van der Waals surface area contributed by atoms with E-state index in [1.165, 1.54) is 36.4 Å². The molecular formula is C14H7ClF3N. The molecule has 0 unspecified atom stereocenters. The van der Waals surface area contributed by atoms with E-state index in [-0.39, 0.29) is 11.1 Å². The summed E-state index contributed by atoms with van der Waals surface area (Å²) in [5, 5.41) is 9.26. The van der Waals surface area contributed by atoms with Crippen molar-refractivity contribution in [3.05, 3.63) is 58.6 Å². The van der Waals surface area contributed by atoms with Crippen molar-refractivity contribution in [2.45, 2.75) is 6.18 Å². The first-order valence-electron chi connectivity index (χ1n) is 5.29. The Labute approximate surface area is 112 Å². The van der Waals surface area contributed by atoms with Gasteiger partial charge in [-0.1, -0.05) is 35.9 Å². The number of nitrogens with zero attached hydrogens (tertiary/aromatic N) is 1. The van der Waals surface area contributed by atoms with Crippen LogP contribution in [0.15, 0.2) is 42.5 Å². The first-order chi connectivity index (χ1) is 8.93. The summed E-state index contributed by atoms with van der Waals surface area (Å²) in [4.78, 5) is 0. The molecule has 0 saturated heterocycles. The molecule has 0 bridgehead atoms. The Bertz CT molecular complexity index is 639. The maximum absolute atomic E-state index is 13.1. The zero-order chi connectivity index (χ0) is 14.0. The molecule has 2 aromatic carbocycles. The van der Waals surface area contributed by atoms with Crippen molar-refractivity contribution >= 4 is 11.6 Å². The maximum atomic E-state index is 13.1.